The minimum absolute atomic E-state index is 0.788. The largest absolute Gasteiger partial charge is 0.469 e. The predicted molar refractivity (Wildman–Crippen MR) is 63.8 cm³/mol. The van der Waals surface area contributed by atoms with Crippen molar-refractivity contribution >= 4 is 0 Å². The van der Waals surface area contributed by atoms with Crippen molar-refractivity contribution in [3.05, 3.63) is 71.8 Å². The second kappa shape index (κ2) is 4.37. The van der Waals surface area contributed by atoms with Gasteiger partial charge in [-0.25, -0.2) is 0 Å². The van der Waals surface area contributed by atoms with E-state index in [9.17, 15) is 0 Å². The van der Waals surface area contributed by atoms with E-state index in [1.807, 2.05) is 30.5 Å². The highest BCUT2D eigenvalue weighted by Gasteiger charge is 2.08. The summed E-state index contributed by atoms with van der Waals surface area (Å²) in [6, 6.07) is 9.88. The van der Waals surface area contributed by atoms with Crippen molar-refractivity contribution in [2.45, 2.75) is 12.8 Å². The molecule has 0 aliphatic carbocycles. The zero-order chi connectivity index (χ0) is 11.5. The van der Waals surface area contributed by atoms with Crippen LogP contribution in [-0.2, 0) is 12.8 Å². The van der Waals surface area contributed by atoms with Crippen molar-refractivity contribution < 1.29 is 8.83 Å². The highest BCUT2D eigenvalue weighted by molar-refractivity contribution is 5.28. The van der Waals surface area contributed by atoms with Crippen LogP contribution >= 0.6 is 0 Å². The highest BCUT2D eigenvalue weighted by Crippen LogP contribution is 2.17. The Hall–Kier alpha value is -2.16. The Kier molecular flexibility index (Phi) is 2.58. The molecule has 3 rings (SSSR count). The fraction of sp³-hybridized carbons (Fsp3) is 0.143. The normalized spacial score (nSPS) is 10.8. The first kappa shape index (κ1) is 10.0. The average molecular weight is 227 g/mol. The van der Waals surface area contributed by atoms with Crippen LogP contribution in [0.2, 0.25) is 0 Å². The first-order valence-corrected chi connectivity index (χ1v) is 5.62. The molecule has 0 radical (unpaired) electrons. The van der Waals surface area contributed by atoms with Gasteiger partial charge in [-0.1, -0.05) is 0 Å². The molecule has 0 atom stereocenters. The minimum Gasteiger partial charge on any atom is -0.469 e. The van der Waals surface area contributed by atoms with Crippen molar-refractivity contribution in [3.63, 3.8) is 0 Å². The molecule has 0 unspecified atom stereocenters. The van der Waals surface area contributed by atoms with Crippen molar-refractivity contribution in [3.8, 4) is 0 Å². The molecular weight excluding hydrogens is 214 g/mol. The number of rotatable bonds is 4. The molecule has 3 heterocycles. The Balaban J connectivity index is 1.79. The molecule has 0 spiro atoms. The van der Waals surface area contributed by atoms with E-state index in [-0.39, 0.29) is 0 Å². The van der Waals surface area contributed by atoms with Gasteiger partial charge in [-0.2, -0.15) is 0 Å². The molecule has 0 aliphatic heterocycles. The third kappa shape index (κ3) is 2.18. The number of nitrogens with one attached hydrogen (secondary N) is 1. The van der Waals surface area contributed by atoms with Crippen molar-refractivity contribution in [1.29, 1.82) is 0 Å². The van der Waals surface area contributed by atoms with Gasteiger partial charge in [-0.3, -0.25) is 0 Å². The van der Waals surface area contributed by atoms with Crippen molar-refractivity contribution in [1.82, 2.24) is 4.98 Å². The number of hydrogen-bond donors (Lipinski definition) is 1. The molecule has 3 nitrogen and oxygen atoms in total. The molecule has 0 saturated carbocycles. The van der Waals surface area contributed by atoms with Crippen LogP contribution in [0.15, 0.2) is 57.9 Å². The molecule has 17 heavy (non-hydrogen) atoms. The second-order valence-electron chi connectivity index (χ2n) is 3.99. The van der Waals surface area contributed by atoms with E-state index in [2.05, 4.69) is 11.1 Å². The van der Waals surface area contributed by atoms with E-state index >= 15 is 0 Å². The average Bonchev–Trinajstić information content (AvgIpc) is 3.04. The van der Waals surface area contributed by atoms with Crippen LogP contribution in [0.5, 0.6) is 0 Å². The molecule has 0 bridgehead atoms. The maximum Gasteiger partial charge on any atom is 0.109 e. The fourth-order valence-corrected chi connectivity index (χ4v) is 1.95. The Morgan fingerprint density at radius 3 is 2.24 bits per heavy atom. The third-order valence-corrected chi connectivity index (χ3v) is 2.81. The minimum atomic E-state index is 0.788. The Morgan fingerprint density at radius 2 is 1.59 bits per heavy atom. The van der Waals surface area contributed by atoms with E-state index in [1.165, 1.54) is 11.3 Å². The molecule has 0 aliphatic rings. The standard InChI is InChI=1S/C14H13NO2/c1-3-12(16-7-1)9-11-5-6-15-14(11)10-13-4-2-8-17-13/h1-8,15H,9-10H2. The molecule has 3 heteroatoms. The van der Waals surface area contributed by atoms with Crippen molar-refractivity contribution in [2.75, 3.05) is 0 Å². The van der Waals surface area contributed by atoms with E-state index in [4.69, 9.17) is 8.83 Å². The van der Waals surface area contributed by atoms with Gasteiger partial charge in [0.25, 0.3) is 0 Å². The van der Waals surface area contributed by atoms with Crippen LogP contribution in [0.4, 0.5) is 0 Å². The van der Waals surface area contributed by atoms with Gasteiger partial charge in [0.15, 0.2) is 0 Å². The summed E-state index contributed by atoms with van der Waals surface area (Å²) in [6.45, 7) is 0. The number of hydrogen-bond acceptors (Lipinski definition) is 2. The summed E-state index contributed by atoms with van der Waals surface area (Å²) in [4.78, 5) is 3.25. The molecule has 0 amide bonds. The van der Waals surface area contributed by atoms with Gasteiger partial charge in [0.2, 0.25) is 0 Å². The first-order valence-electron chi connectivity index (χ1n) is 5.62. The second-order valence-corrected chi connectivity index (χ2v) is 3.99. The Bertz CT molecular complexity index is 510. The lowest BCUT2D eigenvalue weighted by Gasteiger charge is -2.00. The molecule has 0 saturated heterocycles. The van der Waals surface area contributed by atoms with E-state index in [1.54, 1.807) is 12.5 Å². The van der Waals surface area contributed by atoms with Crippen LogP contribution in [-0.4, -0.2) is 4.98 Å². The number of aromatic nitrogens is 1. The highest BCUT2D eigenvalue weighted by atomic mass is 16.3. The van der Waals surface area contributed by atoms with E-state index < -0.39 is 0 Å². The lowest BCUT2D eigenvalue weighted by Crippen LogP contribution is -1.93. The quantitative estimate of drug-likeness (QED) is 0.742. The number of furan rings is 2. The van der Waals surface area contributed by atoms with Gasteiger partial charge in [0.1, 0.15) is 11.5 Å². The molecule has 1 N–H and O–H groups in total. The molecule has 3 aromatic heterocycles. The predicted octanol–water partition coefficient (Wildman–Crippen LogP) is 3.38. The van der Waals surface area contributed by atoms with E-state index in [0.717, 1.165) is 24.4 Å². The third-order valence-electron chi connectivity index (χ3n) is 2.81. The van der Waals surface area contributed by atoms with Gasteiger partial charge < -0.3 is 13.8 Å². The molecule has 86 valence electrons. The molecule has 0 fully saturated rings. The van der Waals surface area contributed by atoms with Crippen LogP contribution in [0.3, 0.4) is 0 Å². The molecular formula is C14H13NO2. The summed E-state index contributed by atoms with van der Waals surface area (Å²) >= 11 is 0. The Labute approximate surface area is 99.1 Å². The van der Waals surface area contributed by atoms with Crippen LogP contribution in [0.1, 0.15) is 22.8 Å². The van der Waals surface area contributed by atoms with Crippen molar-refractivity contribution in [2.24, 2.45) is 0 Å². The Morgan fingerprint density at radius 1 is 0.882 bits per heavy atom. The maximum atomic E-state index is 5.36. The summed E-state index contributed by atoms with van der Waals surface area (Å²) in [6.07, 6.45) is 6.96. The topological polar surface area (TPSA) is 42.1 Å². The summed E-state index contributed by atoms with van der Waals surface area (Å²) in [5.74, 6) is 1.94. The van der Waals surface area contributed by atoms with Gasteiger partial charge in [0, 0.05) is 24.7 Å². The molecule has 3 aromatic rings. The lowest BCUT2D eigenvalue weighted by molar-refractivity contribution is 0.514. The van der Waals surface area contributed by atoms with Gasteiger partial charge in [0.05, 0.1) is 12.5 Å². The zero-order valence-corrected chi connectivity index (χ0v) is 9.35. The zero-order valence-electron chi connectivity index (χ0n) is 9.35. The summed E-state index contributed by atoms with van der Waals surface area (Å²) < 4.78 is 10.7. The first-order chi connectivity index (χ1) is 8.42. The number of H-pyrrole nitrogens is 1. The summed E-state index contributed by atoms with van der Waals surface area (Å²) in [5.41, 5.74) is 2.42. The fourth-order valence-electron chi connectivity index (χ4n) is 1.95. The van der Waals surface area contributed by atoms with Gasteiger partial charge in [-0.15, -0.1) is 0 Å². The van der Waals surface area contributed by atoms with Gasteiger partial charge >= 0.3 is 0 Å². The monoisotopic (exact) mass is 227 g/mol. The lowest BCUT2D eigenvalue weighted by atomic mass is 10.1. The number of aromatic amines is 1. The van der Waals surface area contributed by atoms with Crippen LogP contribution in [0.25, 0.3) is 0 Å². The summed E-state index contributed by atoms with van der Waals surface area (Å²) in [5, 5.41) is 0. The molecule has 0 aromatic carbocycles. The van der Waals surface area contributed by atoms with Crippen LogP contribution < -0.4 is 0 Å². The van der Waals surface area contributed by atoms with E-state index in [0.29, 0.717) is 0 Å². The summed E-state index contributed by atoms with van der Waals surface area (Å²) in [7, 11) is 0. The van der Waals surface area contributed by atoms with Crippen LogP contribution in [0, 0.1) is 0 Å². The van der Waals surface area contributed by atoms with Gasteiger partial charge in [-0.05, 0) is 35.9 Å². The maximum absolute atomic E-state index is 5.36. The smallest absolute Gasteiger partial charge is 0.109 e. The SMILES string of the molecule is c1coc(Cc2cc[nH]c2Cc2ccco2)c1.